The van der Waals surface area contributed by atoms with Crippen LogP contribution in [0.5, 0.6) is 0 Å². The molecule has 6 nitrogen and oxygen atoms in total. The minimum Gasteiger partial charge on any atom is -0.352 e. The molecular formula is C20H25FN4O2. The molecule has 2 aromatic rings. The van der Waals surface area contributed by atoms with Gasteiger partial charge in [-0.25, -0.2) is 4.39 Å². The molecule has 27 heavy (non-hydrogen) atoms. The van der Waals surface area contributed by atoms with Gasteiger partial charge in [-0.15, -0.1) is 0 Å². The molecule has 1 atom stereocenters. The quantitative estimate of drug-likeness (QED) is 0.848. The van der Waals surface area contributed by atoms with Crippen LogP contribution in [0.15, 0.2) is 36.7 Å². The zero-order chi connectivity index (χ0) is 19.4. The third-order valence-corrected chi connectivity index (χ3v) is 4.84. The average Bonchev–Trinajstić information content (AvgIpc) is 3.13. The first kappa shape index (κ1) is 19.1. The van der Waals surface area contributed by atoms with Crippen LogP contribution < -0.4 is 5.32 Å². The molecule has 7 heteroatoms. The highest BCUT2D eigenvalue weighted by Gasteiger charge is 2.30. The third kappa shape index (κ3) is 4.72. The number of hydrogen-bond acceptors (Lipinski definition) is 3. The molecule has 0 spiro atoms. The number of aromatic nitrogens is 2. The maximum atomic E-state index is 13.9. The van der Waals surface area contributed by atoms with Crippen LogP contribution in [0.1, 0.15) is 43.9 Å². The largest absolute Gasteiger partial charge is 0.352 e. The van der Waals surface area contributed by atoms with Gasteiger partial charge in [0.1, 0.15) is 5.82 Å². The van der Waals surface area contributed by atoms with Gasteiger partial charge in [0, 0.05) is 49.4 Å². The van der Waals surface area contributed by atoms with E-state index < -0.39 is 0 Å². The minimum absolute atomic E-state index is 0.0412. The van der Waals surface area contributed by atoms with E-state index in [9.17, 15) is 14.0 Å². The molecule has 3 rings (SSSR count). The van der Waals surface area contributed by atoms with Gasteiger partial charge in [-0.3, -0.25) is 14.3 Å². The lowest BCUT2D eigenvalue weighted by Crippen LogP contribution is -2.45. The van der Waals surface area contributed by atoms with Gasteiger partial charge in [-0.1, -0.05) is 18.2 Å². The molecule has 1 fully saturated rings. The minimum atomic E-state index is -0.334. The van der Waals surface area contributed by atoms with Crippen molar-refractivity contribution in [2.45, 2.75) is 45.8 Å². The van der Waals surface area contributed by atoms with Gasteiger partial charge in [0.05, 0.1) is 12.1 Å². The molecule has 1 N–H and O–H groups in total. The molecule has 1 aliphatic heterocycles. The fraction of sp³-hybridized carbons (Fsp3) is 0.450. The average molecular weight is 372 g/mol. The van der Waals surface area contributed by atoms with E-state index in [1.165, 1.54) is 6.07 Å². The second-order valence-corrected chi connectivity index (χ2v) is 7.24. The molecule has 1 aromatic heterocycles. The highest BCUT2D eigenvalue weighted by atomic mass is 19.1. The van der Waals surface area contributed by atoms with Gasteiger partial charge >= 0.3 is 0 Å². The summed E-state index contributed by atoms with van der Waals surface area (Å²) in [6.45, 7) is 4.99. The van der Waals surface area contributed by atoms with Crippen molar-refractivity contribution < 1.29 is 14.0 Å². The van der Waals surface area contributed by atoms with Gasteiger partial charge in [-0.2, -0.15) is 5.10 Å². The van der Waals surface area contributed by atoms with E-state index in [2.05, 4.69) is 10.4 Å². The van der Waals surface area contributed by atoms with Crippen LogP contribution in [0.3, 0.4) is 0 Å². The summed E-state index contributed by atoms with van der Waals surface area (Å²) in [5, 5.41) is 7.19. The van der Waals surface area contributed by atoms with Crippen LogP contribution in [0.25, 0.3) is 0 Å². The molecule has 0 saturated carbocycles. The lowest BCUT2D eigenvalue weighted by molar-refractivity contribution is -0.139. The predicted octanol–water partition coefficient (Wildman–Crippen LogP) is 2.66. The van der Waals surface area contributed by atoms with E-state index in [4.69, 9.17) is 0 Å². The number of likely N-dealkylation sites (tertiary alicyclic amines) is 1. The SMILES string of the molecule is CC(C)n1cc(CNC(=O)C2CCC(=O)N(Cc3ccccc3F)C2)cn1. The lowest BCUT2D eigenvalue weighted by atomic mass is 9.96. The monoisotopic (exact) mass is 372 g/mol. The van der Waals surface area contributed by atoms with Gasteiger partial charge in [0.2, 0.25) is 11.8 Å². The fourth-order valence-corrected chi connectivity index (χ4v) is 3.20. The second-order valence-electron chi connectivity index (χ2n) is 7.24. The number of carbonyl (C=O) groups is 2. The van der Waals surface area contributed by atoms with Crippen molar-refractivity contribution in [2.24, 2.45) is 5.92 Å². The Balaban J connectivity index is 1.57. The maximum Gasteiger partial charge on any atom is 0.225 e. The highest BCUT2D eigenvalue weighted by Crippen LogP contribution is 2.21. The zero-order valence-electron chi connectivity index (χ0n) is 15.7. The van der Waals surface area contributed by atoms with Crippen LogP contribution >= 0.6 is 0 Å². The Morgan fingerprint density at radius 3 is 2.85 bits per heavy atom. The first-order valence-electron chi connectivity index (χ1n) is 9.26. The summed E-state index contributed by atoms with van der Waals surface area (Å²) < 4.78 is 15.7. The van der Waals surface area contributed by atoms with E-state index in [1.807, 2.05) is 24.7 Å². The Morgan fingerprint density at radius 2 is 2.15 bits per heavy atom. The number of hydrogen-bond donors (Lipinski definition) is 1. The molecule has 2 heterocycles. The van der Waals surface area contributed by atoms with Gasteiger partial charge in [0.15, 0.2) is 0 Å². The van der Waals surface area contributed by atoms with Crippen molar-refractivity contribution in [3.8, 4) is 0 Å². The van der Waals surface area contributed by atoms with Crippen LogP contribution in [-0.4, -0.2) is 33.0 Å². The first-order valence-corrected chi connectivity index (χ1v) is 9.26. The summed E-state index contributed by atoms with van der Waals surface area (Å²) in [5.74, 6) is -0.743. The van der Waals surface area contributed by atoms with E-state index in [0.717, 1.165) is 5.56 Å². The molecule has 1 aliphatic rings. The summed E-state index contributed by atoms with van der Waals surface area (Å²) in [6.07, 6.45) is 4.48. The van der Waals surface area contributed by atoms with Crippen molar-refractivity contribution in [1.29, 1.82) is 0 Å². The molecule has 0 aliphatic carbocycles. The summed E-state index contributed by atoms with van der Waals surface area (Å²) in [5.41, 5.74) is 1.40. The standard InChI is InChI=1S/C20H25FN4O2/c1-14(2)25-11-15(10-23-25)9-22-20(27)17-7-8-19(26)24(13-17)12-16-5-3-4-6-18(16)21/h3-6,10-11,14,17H,7-9,12-13H2,1-2H3,(H,22,27). The molecule has 2 amide bonds. The first-order chi connectivity index (χ1) is 12.9. The summed E-state index contributed by atoms with van der Waals surface area (Å²) in [4.78, 5) is 26.3. The van der Waals surface area contributed by atoms with E-state index in [-0.39, 0.29) is 36.1 Å². The van der Waals surface area contributed by atoms with E-state index in [1.54, 1.807) is 29.3 Å². The van der Waals surface area contributed by atoms with Crippen molar-refractivity contribution in [1.82, 2.24) is 20.0 Å². The number of piperidine rings is 1. The smallest absolute Gasteiger partial charge is 0.225 e. The van der Waals surface area contributed by atoms with Crippen LogP contribution in [0.4, 0.5) is 4.39 Å². The van der Waals surface area contributed by atoms with Gasteiger partial charge in [-0.05, 0) is 26.3 Å². The summed E-state index contributed by atoms with van der Waals surface area (Å²) in [7, 11) is 0. The molecule has 1 aromatic carbocycles. The van der Waals surface area contributed by atoms with Crippen molar-refractivity contribution in [3.63, 3.8) is 0 Å². The number of amides is 2. The number of benzene rings is 1. The Morgan fingerprint density at radius 1 is 1.37 bits per heavy atom. The Hall–Kier alpha value is -2.70. The third-order valence-electron chi connectivity index (χ3n) is 4.84. The van der Waals surface area contributed by atoms with Crippen molar-refractivity contribution >= 4 is 11.8 Å². The topological polar surface area (TPSA) is 67.2 Å². The van der Waals surface area contributed by atoms with Crippen molar-refractivity contribution in [2.75, 3.05) is 6.54 Å². The number of rotatable bonds is 6. The molecule has 144 valence electrons. The molecule has 0 radical (unpaired) electrons. The zero-order valence-corrected chi connectivity index (χ0v) is 15.7. The molecular weight excluding hydrogens is 347 g/mol. The van der Waals surface area contributed by atoms with Crippen LogP contribution in [-0.2, 0) is 22.7 Å². The maximum absolute atomic E-state index is 13.9. The summed E-state index contributed by atoms with van der Waals surface area (Å²) in [6, 6.07) is 6.68. The van der Waals surface area contributed by atoms with Gasteiger partial charge in [0.25, 0.3) is 0 Å². The Kier molecular flexibility index (Phi) is 5.88. The van der Waals surface area contributed by atoms with Gasteiger partial charge < -0.3 is 10.2 Å². The number of nitrogens with zero attached hydrogens (tertiary/aromatic N) is 3. The van der Waals surface area contributed by atoms with Crippen molar-refractivity contribution in [3.05, 3.63) is 53.6 Å². The van der Waals surface area contributed by atoms with Crippen LogP contribution in [0.2, 0.25) is 0 Å². The Bertz CT molecular complexity index is 818. The molecule has 0 bridgehead atoms. The number of halogens is 1. The van der Waals surface area contributed by atoms with Crippen LogP contribution in [0, 0.1) is 11.7 Å². The normalized spacial score (nSPS) is 17.4. The number of carbonyl (C=O) groups excluding carboxylic acids is 2. The van der Waals surface area contributed by atoms with E-state index >= 15 is 0 Å². The second kappa shape index (κ2) is 8.33. The number of nitrogens with one attached hydrogen (secondary N) is 1. The molecule has 1 saturated heterocycles. The predicted molar refractivity (Wildman–Crippen MR) is 99.0 cm³/mol. The molecule has 1 unspecified atom stereocenters. The van der Waals surface area contributed by atoms with E-state index in [0.29, 0.717) is 31.5 Å². The summed E-state index contributed by atoms with van der Waals surface area (Å²) >= 11 is 0. The Labute approximate surface area is 158 Å². The fourth-order valence-electron chi connectivity index (χ4n) is 3.20. The lowest BCUT2D eigenvalue weighted by Gasteiger charge is -2.32. The highest BCUT2D eigenvalue weighted by molar-refractivity contribution is 5.83.